The number of aryl methyl sites for hydroxylation is 1. The van der Waals surface area contributed by atoms with Crippen molar-refractivity contribution < 1.29 is 4.74 Å². The molecule has 1 aromatic carbocycles. The molecule has 0 radical (unpaired) electrons. The van der Waals surface area contributed by atoms with Crippen LogP contribution < -0.4 is 10.1 Å². The van der Waals surface area contributed by atoms with Crippen molar-refractivity contribution in [3.63, 3.8) is 0 Å². The Morgan fingerprint density at radius 1 is 1.20 bits per heavy atom. The fourth-order valence-electron chi connectivity index (χ4n) is 2.16. The summed E-state index contributed by atoms with van der Waals surface area (Å²) >= 11 is 1.69. The van der Waals surface area contributed by atoms with E-state index in [9.17, 15) is 0 Å². The summed E-state index contributed by atoms with van der Waals surface area (Å²) in [5.41, 5.74) is 0. The number of hydrogen-bond donors (Lipinski definition) is 1. The fourth-order valence-corrected chi connectivity index (χ4v) is 2.89. The number of pyridine rings is 1. The Kier molecular flexibility index (Phi) is 3.52. The van der Waals surface area contributed by atoms with E-state index in [-0.39, 0.29) is 0 Å². The van der Waals surface area contributed by atoms with Crippen molar-refractivity contribution in [2.45, 2.75) is 13.5 Å². The zero-order valence-corrected chi connectivity index (χ0v) is 12.2. The molecule has 0 aliphatic rings. The lowest BCUT2D eigenvalue weighted by atomic mass is 10.1. The summed E-state index contributed by atoms with van der Waals surface area (Å²) in [5.74, 6) is 1.73. The maximum Gasteiger partial charge on any atom is 0.134 e. The number of methoxy groups -OCH3 is 1. The summed E-state index contributed by atoms with van der Waals surface area (Å²) in [6, 6.07) is 7.95. The molecule has 0 saturated carbocycles. The van der Waals surface area contributed by atoms with Gasteiger partial charge in [-0.1, -0.05) is 12.1 Å². The lowest BCUT2D eigenvalue weighted by Crippen LogP contribution is -2.00. The number of thiazole rings is 1. The van der Waals surface area contributed by atoms with E-state index in [4.69, 9.17) is 4.74 Å². The SMILES string of the molecule is COc1cccc2c(NCc3cnc(C)s3)nccc12. The average Bonchev–Trinajstić information content (AvgIpc) is 2.90. The zero-order valence-electron chi connectivity index (χ0n) is 11.4. The first kappa shape index (κ1) is 12.9. The highest BCUT2D eigenvalue weighted by Crippen LogP contribution is 2.29. The number of nitrogens with zero attached hydrogens (tertiary/aromatic N) is 2. The highest BCUT2D eigenvalue weighted by Gasteiger charge is 2.06. The van der Waals surface area contributed by atoms with Crippen LogP contribution >= 0.6 is 11.3 Å². The summed E-state index contributed by atoms with van der Waals surface area (Å²) in [7, 11) is 1.68. The molecule has 5 heteroatoms. The van der Waals surface area contributed by atoms with E-state index >= 15 is 0 Å². The highest BCUT2D eigenvalue weighted by atomic mass is 32.1. The van der Waals surface area contributed by atoms with E-state index in [1.54, 1.807) is 24.6 Å². The molecule has 2 heterocycles. The number of hydrogen-bond acceptors (Lipinski definition) is 5. The molecule has 102 valence electrons. The molecule has 0 amide bonds. The van der Waals surface area contributed by atoms with Crippen LogP contribution in [0.2, 0.25) is 0 Å². The Morgan fingerprint density at radius 3 is 2.85 bits per heavy atom. The van der Waals surface area contributed by atoms with Crippen LogP contribution in [-0.4, -0.2) is 17.1 Å². The molecule has 0 unspecified atom stereocenters. The van der Waals surface area contributed by atoms with E-state index in [0.29, 0.717) is 0 Å². The van der Waals surface area contributed by atoms with Gasteiger partial charge in [0.25, 0.3) is 0 Å². The molecule has 0 fully saturated rings. The third-order valence-electron chi connectivity index (χ3n) is 3.09. The summed E-state index contributed by atoms with van der Waals surface area (Å²) in [6.45, 7) is 2.74. The van der Waals surface area contributed by atoms with E-state index in [0.717, 1.165) is 33.9 Å². The van der Waals surface area contributed by atoms with Crippen molar-refractivity contribution in [2.24, 2.45) is 0 Å². The van der Waals surface area contributed by atoms with Gasteiger partial charge in [-0.15, -0.1) is 11.3 Å². The average molecular weight is 285 g/mol. The first-order chi connectivity index (χ1) is 9.78. The van der Waals surface area contributed by atoms with Crippen molar-refractivity contribution in [2.75, 3.05) is 12.4 Å². The van der Waals surface area contributed by atoms with Crippen LogP contribution in [-0.2, 0) is 6.54 Å². The third-order valence-corrected chi connectivity index (χ3v) is 4.00. The van der Waals surface area contributed by atoms with E-state index < -0.39 is 0 Å². The Morgan fingerprint density at radius 2 is 2.10 bits per heavy atom. The monoisotopic (exact) mass is 285 g/mol. The molecule has 0 spiro atoms. The van der Waals surface area contributed by atoms with Gasteiger partial charge in [0.1, 0.15) is 11.6 Å². The van der Waals surface area contributed by atoms with E-state index in [1.807, 2.05) is 37.4 Å². The molecule has 4 nitrogen and oxygen atoms in total. The fraction of sp³-hybridized carbons (Fsp3) is 0.200. The van der Waals surface area contributed by atoms with Crippen LogP contribution in [0.3, 0.4) is 0 Å². The maximum absolute atomic E-state index is 5.39. The predicted octanol–water partition coefficient (Wildman–Crippen LogP) is 3.62. The number of fused-ring (bicyclic) bond motifs is 1. The van der Waals surface area contributed by atoms with Gasteiger partial charge >= 0.3 is 0 Å². The molecule has 3 rings (SSSR count). The number of nitrogens with one attached hydrogen (secondary N) is 1. The first-order valence-electron chi connectivity index (χ1n) is 6.35. The molecule has 0 bridgehead atoms. The lowest BCUT2D eigenvalue weighted by molar-refractivity contribution is 0.420. The molecule has 20 heavy (non-hydrogen) atoms. The number of rotatable bonds is 4. The minimum absolute atomic E-state index is 0.731. The topological polar surface area (TPSA) is 47.0 Å². The van der Waals surface area contributed by atoms with Crippen LogP contribution in [0.5, 0.6) is 5.75 Å². The normalized spacial score (nSPS) is 10.7. The number of anilines is 1. The quantitative estimate of drug-likeness (QED) is 0.795. The van der Waals surface area contributed by atoms with Gasteiger partial charge in [-0.25, -0.2) is 9.97 Å². The second-order valence-electron chi connectivity index (χ2n) is 4.41. The molecule has 3 aromatic rings. The van der Waals surface area contributed by atoms with Crippen molar-refractivity contribution in [1.82, 2.24) is 9.97 Å². The Hall–Kier alpha value is -2.14. The Labute approximate surface area is 121 Å². The highest BCUT2D eigenvalue weighted by molar-refractivity contribution is 7.11. The van der Waals surface area contributed by atoms with Gasteiger partial charge in [0.2, 0.25) is 0 Å². The molecule has 1 N–H and O–H groups in total. The standard InChI is InChI=1S/C15H15N3OS/c1-10-17-8-11(20-10)9-18-15-13-4-3-5-14(19-2)12(13)6-7-16-15/h3-8H,9H2,1-2H3,(H,16,18). The van der Waals surface area contributed by atoms with Gasteiger partial charge in [0.15, 0.2) is 0 Å². The summed E-state index contributed by atoms with van der Waals surface area (Å²) in [4.78, 5) is 9.88. The van der Waals surface area contributed by atoms with Gasteiger partial charge in [-0.05, 0) is 19.1 Å². The van der Waals surface area contributed by atoms with Crippen molar-refractivity contribution >= 4 is 27.9 Å². The van der Waals surface area contributed by atoms with Gasteiger partial charge in [0.05, 0.1) is 18.7 Å². The maximum atomic E-state index is 5.39. The van der Waals surface area contributed by atoms with E-state index in [2.05, 4.69) is 15.3 Å². The van der Waals surface area contributed by atoms with Gasteiger partial charge in [0, 0.05) is 28.0 Å². The largest absolute Gasteiger partial charge is 0.496 e. The van der Waals surface area contributed by atoms with Gasteiger partial charge in [-0.2, -0.15) is 0 Å². The Balaban J connectivity index is 1.91. The van der Waals surface area contributed by atoms with Crippen LogP contribution in [0.4, 0.5) is 5.82 Å². The third kappa shape index (κ3) is 2.44. The van der Waals surface area contributed by atoms with Gasteiger partial charge < -0.3 is 10.1 Å². The van der Waals surface area contributed by atoms with Crippen molar-refractivity contribution in [3.05, 3.63) is 46.5 Å². The van der Waals surface area contributed by atoms with Crippen LogP contribution in [0.15, 0.2) is 36.7 Å². The molecule has 0 atom stereocenters. The molecule has 2 aromatic heterocycles. The van der Waals surface area contributed by atoms with E-state index in [1.165, 1.54) is 4.88 Å². The number of ether oxygens (including phenoxy) is 1. The van der Waals surface area contributed by atoms with Crippen molar-refractivity contribution in [1.29, 1.82) is 0 Å². The molecular weight excluding hydrogens is 270 g/mol. The molecular formula is C15H15N3OS. The number of aromatic nitrogens is 2. The summed E-state index contributed by atoms with van der Waals surface area (Å²) in [5, 5.41) is 6.58. The predicted molar refractivity (Wildman–Crippen MR) is 82.5 cm³/mol. The smallest absolute Gasteiger partial charge is 0.134 e. The van der Waals surface area contributed by atoms with Gasteiger partial charge in [-0.3, -0.25) is 0 Å². The van der Waals surface area contributed by atoms with Crippen molar-refractivity contribution in [3.8, 4) is 5.75 Å². The lowest BCUT2D eigenvalue weighted by Gasteiger charge is -2.10. The van der Waals surface area contributed by atoms with Crippen LogP contribution in [0.25, 0.3) is 10.8 Å². The van der Waals surface area contributed by atoms with Crippen LogP contribution in [0, 0.1) is 6.92 Å². The molecule has 0 saturated heterocycles. The minimum atomic E-state index is 0.731. The first-order valence-corrected chi connectivity index (χ1v) is 7.16. The molecule has 0 aliphatic heterocycles. The summed E-state index contributed by atoms with van der Waals surface area (Å²) < 4.78 is 5.39. The minimum Gasteiger partial charge on any atom is -0.496 e. The zero-order chi connectivity index (χ0) is 13.9. The number of benzene rings is 1. The second kappa shape index (κ2) is 5.46. The molecule has 0 aliphatic carbocycles. The second-order valence-corrected chi connectivity index (χ2v) is 5.73. The van der Waals surface area contributed by atoms with Crippen LogP contribution in [0.1, 0.15) is 9.88 Å². The Bertz CT molecular complexity index is 739. The summed E-state index contributed by atoms with van der Waals surface area (Å²) in [6.07, 6.45) is 3.70.